The van der Waals surface area contributed by atoms with Gasteiger partial charge in [0.05, 0.1) is 12.0 Å². The summed E-state index contributed by atoms with van der Waals surface area (Å²) in [6, 6.07) is 5.87. The van der Waals surface area contributed by atoms with Crippen LogP contribution in [0.25, 0.3) is 0 Å². The maximum Gasteiger partial charge on any atom is 0.233 e. The highest BCUT2D eigenvalue weighted by atomic mass is 79.9. The first-order valence-corrected chi connectivity index (χ1v) is 7.64. The molecule has 110 valence electrons. The van der Waals surface area contributed by atoms with Gasteiger partial charge in [0.15, 0.2) is 0 Å². The number of carbonyl (C=O) groups is 1. The molecule has 1 aromatic carbocycles. The van der Waals surface area contributed by atoms with E-state index in [2.05, 4.69) is 26.6 Å². The Bertz CT molecular complexity index is 479. The molecular formula is C15H21BrN2O2. The number of amides is 1. The highest BCUT2D eigenvalue weighted by molar-refractivity contribution is 9.10. The molecule has 0 atom stereocenters. The minimum Gasteiger partial charge on any atom is -0.384 e. The maximum atomic E-state index is 12.7. The lowest BCUT2D eigenvalue weighted by Gasteiger charge is -2.35. The molecule has 0 aromatic heterocycles. The van der Waals surface area contributed by atoms with E-state index in [4.69, 9.17) is 4.74 Å². The molecule has 1 aromatic rings. The molecule has 20 heavy (non-hydrogen) atoms. The van der Waals surface area contributed by atoms with E-state index in [0.29, 0.717) is 6.61 Å². The van der Waals surface area contributed by atoms with Crippen molar-refractivity contribution in [2.45, 2.75) is 19.8 Å². The van der Waals surface area contributed by atoms with Gasteiger partial charge in [0.2, 0.25) is 5.91 Å². The number of hydrogen-bond acceptors (Lipinski definition) is 3. The normalized spacial score (nSPS) is 17.8. The lowest BCUT2D eigenvalue weighted by molar-refractivity contribution is -0.130. The van der Waals surface area contributed by atoms with Gasteiger partial charge in [-0.2, -0.15) is 0 Å². The summed E-state index contributed by atoms with van der Waals surface area (Å²) in [5, 5.41) is 6.36. The van der Waals surface area contributed by atoms with Crippen LogP contribution in [-0.2, 0) is 9.53 Å². The standard InChI is InChI=1S/C15H21BrN2O2/c1-11-9-12(16)3-4-13(11)18-14(19)15(10-20-2)5-7-17-8-6-15/h3-4,9,17H,5-8,10H2,1-2H3,(H,18,19). The van der Waals surface area contributed by atoms with Crippen LogP contribution in [0, 0.1) is 12.3 Å². The number of halogens is 1. The van der Waals surface area contributed by atoms with E-state index < -0.39 is 5.41 Å². The van der Waals surface area contributed by atoms with Crippen LogP contribution in [0.15, 0.2) is 22.7 Å². The molecule has 0 radical (unpaired) electrons. The van der Waals surface area contributed by atoms with E-state index in [1.165, 1.54) is 0 Å². The molecule has 1 heterocycles. The van der Waals surface area contributed by atoms with Gasteiger partial charge in [-0.1, -0.05) is 15.9 Å². The summed E-state index contributed by atoms with van der Waals surface area (Å²) >= 11 is 3.43. The number of hydrogen-bond donors (Lipinski definition) is 2. The second-order valence-electron chi connectivity index (χ2n) is 5.38. The average Bonchev–Trinajstić information content (AvgIpc) is 2.43. The summed E-state index contributed by atoms with van der Waals surface area (Å²) in [7, 11) is 1.65. The third-order valence-electron chi connectivity index (χ3n) is 3.90. The van der Waals surface area contributed by atoms with Crippen molar-refractivity contribution in [2.24, 2.45) is 5.41 Å². The number of benzene rings is 1. The van der Waals surface area contributed by atoms with Crippen molar-refractivity contribution in [1.29, 1.82) is 0 Å². The van der Waals surface area contributed by atoms with Crippen molar-refractivity contribution in [3.63, 3.8) is 0 Å². The summed E-state index contributed by atoms with van der Waals surface area (Å²) < 4.78 is 6.31. The van der Waals surface area contributed by atoms with Gasteiger partial charge in [0.1, 0.15) is 0 Å². The van der Waals surface area contributed by atoms with Gasteiger partial charge in [-0.05, 0) is 56.6 Å². The molecule has 1 amide bonds. The smallest absolute Gasteiger partial charge is 0.233 e. The van der Waals surface area contributed by atoms with Gasteiger partial charge in [-0.25, -0.2) is 0 Å². The fourth-order valence-electron chi connectivity index (χ4n) is 2.64. The lowest BCUT2D eigenvalue weighted by Crippen LogP contribution is -2.47. The van der Waals surface area contributed by atoms with E-state index in [9.17, 15) is 4.79 Å². The molecule has 2 rings (SSSR count). The monoisotopic (exact) mass is 340 g/mol. The highest BCUT2D eigenvalue weighted by Gasteiger charge is 2.39. The molecule has 0 aliphatic carbocycles. The lowest BCUT2D eigenvalue weighted by atomic mass is 9.78. The maximum absolute atomic E-state index is 12.7. The van der Waals surface area contributed by atoms with E-state index in [0.717, 1.165) is 41.7 Å². The van der Waals surface area contributed by atoms with Crippen LogP contribution in [0.3, 0.4) is 0 Å². The van der Waals surface area contributed by atoms with Crippen LogP contribution in [0.4, 0.5) is 5.69 Å². The van der Waals surface area contributed by atoms with Gasteiger partial charge < -0.3 is 15.4 Å². The number of methoxy groups -OCH3 is 1. The molecule has 0 saturated carbocycles. The molecule has 1 fully saturated rings. The zero-order chi connectivity index (χ0) is 14.6. The van der Waals surface area contributed by atoms with Crippen molar-refractivity contribution < 1.29 is 9.53 Å². The number of carbonyl (C=O) groups excluding carboxylic acids is 1. The largest absolute Gasteiger partial charge is 0.384 e. The highest BCUT2D eigenvalue weighted by Crippen LogP contribution is 2.31. The minimum atomic E-state index is -0.417. The first-order chi connectivity index (χ1) is 9.57. The Labute approximate surface area is 128 Å². The van der Waals surface area contributed by atoms with Crippen molar-refractivity contribution in [2.75, 3.05) is 32.1 Å². The molecule has 5 heteroatoms. The summed E-state index contributed by atoms with van der Waals surface area (Å²) in [6.45, 7) is 4.17. The average molecular weight is 341 g/mol. The zero-order valence-corrected chi connectivity index (χ0v) is 13.5. The SMILES string of the molecule is COCC1(C(=O)Nc2ccc(Br)cc2C)CCNCC1. The number of aryl methyl sites for hydroxylation is 1. The molecule has 0 spiro atoms. The predicted molar refractivity (Wildman–Crippen MR) is 83.9 cm³/mol. The van der Waals surface area contributed by atoms with Gasteiger partial charge >= 0.3 is 0 Å². The molecule has 1 aliphatic heterocycles. The molecule has 0 bridgehead atoms. The van der Waals surface area contributed by atoms with Gasteiger partial charge in [-0.3, -0.25) is 4.79 Å². The summed E-state index contributed by atoms with van der Waals surface area (Å²) in [4.78, 5) is 12.7. The first-order valence-electron chi connectivity index (χ1n) is 6.85. The topological polar surface area (TPSA) is 50.4 Å². The number of piperidine rings is 1. The molecule has 1 aliphatic rings. The Morgan fingerprint density at radius 3 is 2.75 bits per heavy atom. The molecule has 0 unspecified atom stereocenters. The van der Waals surface area contributed by atoms with Gasteiger partial charge in [0, 0.05) is 17.3 Å². The zero-order valence-electron chi connectivity index (χ0n) is 12.0. The quantitative estimate of drug-likeness (QED) is 0.885. The Balaban J connectivity index is 2.15. The Morgan fingerprint density at radius 2 is 2.15 bits per heavy atom. The van der Waals surface area contributed by atoms with Crippen molar-refractivity contribution >= 4 is 27.5 Å². The Hall–Kier alpha value is -0.910. The number of nitrogens with one attached hydrogen (secondary N) is 2. The minimum absolute atomic E-state index is 0.0614. The van der Waals surface area contributed by atoms with E-state index >= 15 is 0 Å². The van der Waals surface area contributed by atoms with Crippen LogP contribution >= 0.6 is 15.9 Å². The van der Waals surface area contributed by atoms with Crippen LogP contribution in [-0.4, -0.2) is 32.7 Å². The van der Waals surface area contributed by atoms with Crippen LogP contribution in [0.1, 0.15) is 18.4 Å². The van der Waals surface area contributed by atoms with Crippen LogP contribution in [0.2, 0.25) is 0 Å². The Morgan fingerprint density at radius 1 is 1.45 bits per heavy atom. The van der Waals surface area contributed by atoms with E-state index in [1.54, 1.807) is 7.11 Å². The van der Waals surface area contributed by atoms with Crippen molar-refractivity contribution in [3.8, 4) is 0 Å². The molecular weight excluding hydrogens is 320 g/mol. The Kier molecular flexibility index (Phi) is 5.18. The van der Waals surface area contributed by atoms with Crippen LogP contribution in [0.5, 0.6) is 0 Å². The van der Waals surface area contributed by atoms with Gasteiger partial charge in [-0.15, -0.1) is 0 Å². The second kappa shape index (κ2) is 6.70. The fraction of sp³-hybridized carbons (Fsp3) is 0.533. The van der Waals surface area contributed by atoms with Crippen LogP contribution < -0.4 is 10.6 Å². The van der Waals surface area contributed by atoms with Crippen molar-refractivity contribution in [3.05, 3.63) is 28.2 Å². The third-order valence-corrected chi connectivity index (χ3v) is 4.39. The molecule has 2 N–H and O–H groups in total. The summed E-state index contributed by atoms with van der Waals surface area (Å²) in [5.74, 6) is 0.0614. The molecule has 4 nitrogen and oxygen atoms in total. The second-order valence-corrected chi connectivity index (χ2v) is 6.29. The van der Waals surface area contributed by atoms with E-state index in [-0.39, 0.29) is 5.91 Å². The van der Waals surface area contributed by atoms with E-state index in [1.807, 2.05) is 25.1 Å². The molecule has 1 saturated heterocycles. The summed E-state index contributed by atoms with van der Waals surface area (Å²) in [5.41, 5.74) is 1.50. The first kappa shape index (κ1) is 15.5. The number of rotatable bonds is 4. The van der Waals surface area contributed by atoms with Crippen molar-refractivity contribution in [1.82, 2.24) is 5.32 Å². The number of anilines is 1. The predicted octanol–water partition coefficient (Wildman–Crippen LogP) is 2.71. The fourth-order valence-corrected chi connectivity index (χ4v) is 3.12. The van der Waals surface area contributed by atoms with Gasteiger partial charge in [0.25, 0.3) is 0 Å². The third kappa shape index (κ3) is 3.40. The summed E-state index contributed by atoms with van der Waals surface area (Å²) in [6.07, 6.45) is 1.62. The number of ether oxygens (including phenoxy) is 1.